The van der Waals surface area contributed by atoms with E-state index in [1.165, 1.54) is 5.56 Å². The molecule has 0 fully saturated rings. The molecule has 0 spiro atoms. The summed E-state index contributed by atoms with van der Waals surface area (Å²) < 4.78 is 5.44. The molecular weight excluding hydrogens is 260 g/mol. The molecule has 1 aromatic rings. The SMILES string of the molecule is CCOCCN(CC)c1c(Cl)cccc1CC(C)N. The van der Waals surface area contributed by atoms with Crippen molar-refractivity contribution in [2.24, 2.45) is 5.73 Å². The van der Waals surface area contributed by atoms with Crippen LogP contribution in [0.5, 0.6) is 0 Å². The number of nitrogens with two attached hydrogens (primary N) is 1. The van der Waals surface area contributed by atoms with Crippen LogP contribution in [0.15, 0.2) is 18.2 Å². The highest BCUT2D eigenvalue weighted by Crippen LogP contribution is 2.30. The summed E-state index contributed by atoms with van der Waals surface area (Å²) in [6, 6.07) is 6.15. The van der Waals surface area contributed by atoms with Crippen LogP contribution in [0, 0.1) is 0 Å². The predicted octanol–water partition coefficient (Wildman–Crippen LogP) is 3.09. The molecule has 108 valence electrons. The van der Waals surface area contributed by atoms with Crippen LogP contribution in [0.4, 0.5) is 5.69 Å². The van der Waals surface area contributed by atoms with Crippen molar-refractivity contribution >= 4 is 17.3 Å². The zero-order valence-corrected chi connectivity index (χ0v) is 12.9. The third kappa shape index (κ3) is 5.01. The Balaban J connectivity index is 2.93. The normalized spacial score (nSPS) is 12.5. The number of para-hydroxylation sites is 1. The smallest absolute Gasteiger partial charge is 0.0642 e. The van der Waals surface area contributed by atoms with Gasteiger partial charge in [-0.25, -0.2) is 0 Å². The van der Waals surface area contributed by atoms with Crippen LogP contribution >= 0.6 is 11.6 Å². The Morgan fingerprint density at radius 3 is 2.68 bits per heavy atom. The molecule has 0 heterocycles. The van der Waals surface area contributed by atoms with Gasteiger partial charge in [0.05, 0.1) is 17.3 Å². The summed E-state index contributed by atoms with van der Waals surface area (Å²) in [5.74, 6) is 0. The number of benzene rings is 1. The van der Waals surface area contributed by atoms with Crippen molar-refractivity contribution in [3.05, 3.63) is 28.8 Å². The number of ether oxygens (including phenoxy) is 1. The van der Waals surface area contributed by atoms with Gasteiger partial charge in [0.2, 0.25) is 0 Å². The number of hydrogen-bond acceptors (Lipinski definition) is 3. The van der Waals surface area contributed by atoms with Crippen molar-refractivity contribution in [2.45, 2.75) is 33.2 Å². The fraction of sp³-hybridized carbons (Fsp3) is 0.600. The van der Waals surface area contributed by atoms with Gasteiger partial charge in [-0.2, -0.15) is 0 Å². The molecule has 3 nitrogen and oxygen atoms in total. The summed E-state index contributed by atoms with van der Waals surface area (Å²) in [6.45, 7) is 9.36. The molecule has 1 atom stereocenters. The lowest BCUT2D eigenvalue weighted by Crippen LogP contribution is -2.29. The van der Waals surface area contributed by atoms with Crippen LogP contribution < -0.4 is 10.6 Å². The van der Waals surface area contributed by atoms with Crippen molar-refractivity contribution in [3.63, 3.8) is 0 Å². The van der Waals surface area contributed by atoms with Crippen molar-refractivity contribution in [1.29, 1.82) is 0 Å². The number of rotatable bonds is 8. The predicted molar refractivity (Wildman–Crippen MR) is 83.2 cm³/mol. The number of anilines is 1. The molecule has 4 heteroatoms. The largest absolute Gasteiger partial charge is 0.380 e. The van der Waals surface area contributed by atoms with E-state index in [-0.39, 0.29) is 6.04 Å². The van der Waals surface area contributed by atoms with Gasteiger partial charge in [-0.05, 0) is 38.8 Å². The maximum absolute atomic E-state index is 6.38. The van der Waals surface area contributed by atoms with E-state index in [0.29, 0.717) is 6.61 Å². The van der Waals surface area contributed by atoms with Gasteiger partial charge < -0.3 is 15.4 Å². The van der Waals surface area contributed by atoms with Gasteiger partial charge in [0.1, 0.15) is 0 Å². The molecule has 2 N–H and O–H groups in total. The fourth-order valence-corrected chi connectivity index (χ4v) is 2.49. The highest BCUT2D eigenvalue weighted by Gasteiger charge is 2.14. The van der Waals surface area contributed by atoms with E-state index in [2.05, 4.69) is 17.9 Å². The molecule has 0 bridgehead atoms. The molecular formula is C15H25ClN2O. The van der Waals surface area contributed by atoms with Crippen LogP contribution in [0.2, 0.25) is 5.02 Å². The molecule has 0 aliphatic rings. The first-order valence-corrected chi connectivity index (χ1v) is 7.33. The average Bonchev–Trinajstić information content (AvgIpc) is 2.36. The molecule has 0 radical (unpaired) electrons. The van der Waals surface area contributed by atoms with Crippen molar-refractivity contribution in [1.82, 2.24) is 0 Å². The van der Waals surface area contributed by atoms with Gasteiger partial charge >= 0.3 is 0 Å². The molecule has 1 rings (SSSR count). The maximum Gasteiger partial charge on any atom is 0.0642 e. The van der Waals surface area contributed by atoms with Crippen molar-refractivity contribution < 1.29 is 4.74 Å². The number of halogens is 1. The molecule has 0 aromatic heterocycles. The first kappa shape index (κ1) is 16.3. The van der Waals surface area contributed by atoms with E-state index in [4.69, 9.17) is 22.1 Å². The quantitative estimate of drug-likeness (QED) is 0.746. The van der Waals surface area contributed by atoms with Gasteiger partial charge in [0.25, 0.3) is 0 Å². The summed E-state index contributed by atoms with van der Waals surface area (Å²) >= 11 is 6.38. The molecule has 0 aliphatic heterocycles. The summed E-state index contributed by atoms with van der Waals surface area (Å²) in [7, 11) is 0. The topological polar surface area (TPSA) is 38.5 Å². The second-order valence-electron chi connectivity index (χ2n) is 4.71. The minimum Gasteiger partial charge on any atom is -0.380 e. The van der Waals surface area contributed by atoms with E-state index in [1.807, 2.05) is 26.0 Å². The molecule has 0 amide bonds. The molecule has 1 aromatic carbocycles. The van der Waals surface area contributed by atoms with E-state index >= 15 is 0 Å². The van der Waals surface area contributed by atoms with Gasteiger partial charge in [-0.15, -0.1) is 0 Å². The highest BCUT2D eigenvalue weighted by atomic mass is 35.5. The maximum atomic E-state index is 6.38. The standard InChI is InChI=1S/C15H25ClN2O/c1-4-18(9-10-19-5-2)15-13(11-12(3)17)7-6-8-14(15)16/h6-8,12H,4-5,9-11,17H2,1-3H3. The molecule has 1 unspecified atom stereocenters. The Labute approximate surface area is 121 Å². The van der Waals surface area contributed by atoms with Crippen LogP contribution in [-0.2, 0) is 11.2 Å². The lowest BCUT2D eigenvalue weighted by molar-refractivity contribution is 0.154. The Hall–Kier alpha value is -0.770. The van der Waals surface area contributed by atoms with Crippen LogP contribution in [0.1, 0.15) is 26.3 Å². The fourth-order valence-electron chi connectivity index (χ4n) is 2.17. The minimum atomic E-state index is 0.128. The van der Waals surface area contributed by atoms with Gasteiger partial charge in [-0.1, -0.05) is 23.7 Å². The highest BCUT2D eigenvalue weighted by molar-refractivity contribution is 6.33. The lowest BCUT2D eigenvalue weighted by Gasteiger charge is -2.27. The molecule has 19 heavy (non-hydrogen) atoms. The van der Waals surface area contributed by atoms with E-state index in [1.54, 1.807) is 0 Å². The van der Waals surface area contributed by atoms with Gasteiger partial charge in [-0.3, -0.25) is 0 Å². The molecule has 0 saturated carbocycles. The first-order valence-electron chi connectivity index (χ1n) is 6.95. The third-order valence-corrected chi connectivity index (χ3v) is 3.32. The Bertz CT molecular complexity index is 382. The molecule has 0 saturated heterocycles. The van der Waals surface area contributed by atoms with Gasteiger partial charge in [0, 0.05) is 25.7 Å². The number of hydrogen-bond donors (Lipinski definition) is 1. The Kier molecular flexibility index (Phi) is 7.21. The lowest BCUT2D eigenvalue weighted by atomic mass is 10.0. The first-order chi connectivity index (χ1) is 9.10. The number of nitrogens with zero attached hydrogens (tertiary/aromatic N) is 1. The summed E-state index contributed by atoms with van der Waals surface area (Å²) in [5, 5.41) is 0.788. The third-order valence-electron chi connectivity index (χ3n) is 3.02. The second-order valence-corrected chi connectivity index (χ2v) is 5.11. The Morgan fingerprint density at radius 2 is 2.11 bits per heavy atom. The van der Waals surface area contributed by atoms with Crippen LogP contribution in [-0.4, -0.2) is 32.3 Å². The van der Waals surface area contributed by atoms with E-state index < -0.39 is 0 Å². The summed E-state index contributed by atoms with van der Waals surface area (Å²) in [4.78, 5) is 2.26. The average molecular weight is 285 g/mol. The van der Waals surface area contributed by atoms with Gasteiger partial charge in [0.15, 0.2) is 0 Å². The second kappa shape index (κ2) is 8.41. The monoisotopic (exact) mass is 284 g/mol. The zero-order chi connectivity index (χ0) is 14.3. The zero-order valence-electron chi connectivity index (χ0n) is 12.2. The van der Waals surface area contributed by atoms with Crippen molar-refractivity contribution in [3.8, 4) is 0 Å². The van der Waals surface area contributed by atoms with E-state index in [9.17, 15) is 0 Å². The Morgan fingerprint density at radius 1 is 1.37 bits per heavy atom. The minimum absolute atomic E-state index is 0.128. The van der Waals surface area contributed by atoms with Crippen LogP contribution in [0.3, 0.4) is 0 Å². The van der Waals surface area contributed by atoms with E-state index in [0.717, 1.165) is 36.8 Å². The summed E-state index contributed by atoms with van der Waals surface area (Å²) in [5.41, 5.74) is 8.23. The van der Waals surface area contributed by atoms with Crippen molar-refractivity contribution in [2.75, 3.05) is 31.2 Å². The number of likely N-dealkylation sites (N-methyl/N-ethyl adjacent to an activating group) is 1. The summed E-state index contributed by atoms with van der Waals surface area (Å²) in [6.07, 6.45) is 0.834. The molecule has 0 aliphatic carbocycles. The van der Waals surface area contributed by atoms with Crippen LogP contribution in [0.25, 0.3) is 0 Å².